The maximum atomic E-state index is 13.3. The van der Waals surface area contributed by atoms with Crippen molar-refractivity contribution in [3.05, 3.63) is 70.2 Å². The first-order chi connectivity index (χ1) is 13.5. The predicted octanol–water partition coefficient (Wildman–Crippen LogP) is 4.16. The van der Waals surface area contributed by atoms with Gasteiger partial charge in [-0.05, 0) is 25.5 Å². The second-order valence-electron chi connectivity index (χ2n) is 6.52. The summed E-state index contributed by atoms with van der Waals surface area (Å²) >= 11 is 3.48. The van der Waals surface area contributed by atoms with E-state index in [-0.39, 0.29) is 19.0 Å². The summed E-state index contributed by atoms with van der Waals surface area (Å²) in [7, 11) is 0. The molecule has 0 saturated heterocycles. The highest BCUT2D eigenvalue weighted by molar-refractivity contribution is 9.10. The van der Waals surface area contributed by atoms with E-state index in [0.717, 1.165) is 4.47 Å². The molecule has 2 aromatic rings. The molecule has 1 fully saturated rings. The number of halogens is 1. The molecule has 28 heavy (non-hydrogen) atoms. The Morgan fingerprint density at radius 2 is 1.43 bits per heavy atom. The normalized spacial score (nSPS) is 19.5. The van der Waals surface area contributed by atoms with Crippen LogP contribution in [0.5, 0.6) is 0 Å². The molecule has 0 heterocycles. The zero-order valence-corrected chi connectivity index (χ0v) is 17.3. The van der Waals surface area contributed by atoms with E-state index in [1.807, 2.05) is 18.2 Å². The van der Waals surface area contributed by atoms with Gasteiger partial charge in [0.1, 0.15) is 0 Å². The summed E-state index contributed by atoms with van der Waals surface area (Å²) in [5.41, 5.74) is -0.527. The Morgan fingerprint density at radius 3 is 1.96 bits per heavy atom. The number of Topliss-reactive ketones (excluding diaryl/α,β-unsaturated/α-hetero) is 1. The minimum Gasteiger partial charge on any atom is -0.465 e. The molecule has 1 saturated carbocycles. The second kappa shape index (κ2) is 8.27. The number of esters is 2. The van der Waals surface area contributed by atoms with Crippen LogP contribution < -0.4 is 0 Å². The van der Waals surface area contributed by atoms with Crippen LogP contribution in [0.15, 0.2) is 59.1 Å². The number of hydrogen-bond acceptors (Lipinski definition) is 5. The molecular formula is C22H21BrO5. The van der Waals surface area contributed by atoms with Crippen molar-refractivity contribution in [1.29, 1.82) is 0 Å². The van der Waals surface area contributed by atoms with Gasteiger partial charge >= 0.3 is 11.9 Å². The number of rotatable bonds is 7. The maximum absolute atomic E-state index is 13.3. The molecule has 0 aliphatic heterocycles. The Kier molecular flexibility index (Phi) is 5.98. The fraction of sp³-hybridized carbons (Fsp3) is 0.318. The van der Waals surface area contributed by atoms with Crippen LogP contribution in [0.2, 0.25) is 0 Å². The van der Waals surface area contributed by atoms with Crippen LogP contribution in [0.1, 0.15) is 35.7 Å². The van der Waals surface area contributed by atoms with Crippen molar-refractivity contribution < 1.29 is 23.9 Å². The fourth-order valence-electron chi connectivity index (χ4n) is 3.77. The Morgan fingerprint density at radius 1 is 0.893 bits per heavy atom. The maximum Gasteiger partial charge on any atom is 0.324 e. The Bertz CT molecular complexity index is 875. The molecule has 0 unspecified atom stereocenters. The van der Waals surface area contributed by atoms with Gasteiger partial charge in [-0.3, -0.25) is 14.4 Å². The molecule has 2 aromatic carbocycles. The standard InChI is InChI=1S/C22H21BrO5/c1-3-27-20(25)22(21(26)28-4-2)17(15-12-8-9-13-16(15)23)18(22)19(24)14-10-6-5-7-11-14/h5-13,17-18H,3-4H2,1-2H3/t17-,18+/m1/s1. The molecular weight excluding hydrogens is 424 g/mol. The van der Waals surface area contributed by atoms with Gasteiger partial charge in [-0.25, -0.2) is 0 Å². The number of benzene rings is 2. The van der Waals surface area contributed by atoms with Crippen molar-refractivity contribution in [3.63, 3.8) is 0 Å². The van der Waals surface area contributed by atoms with E-state index in [4.69, 9.17) is 9.47 Å². The quantitative estimate of drug-likeness (QED) is 0.364. The third kappa shape index (κ3) is 3.26. The van der Waals surface area contributed by atoms with Gasteiger partial charge in [0.2, 0.25) is 0 Å². The van der Waals surface area contributed by atoms with Gasteiger partial charge in [-0.1, -0.05) is 64.5 Å². The van der Waals surface area contributed by atoms with Gasteiger partial charge in [-0.2, -0.15) is 0 Å². The van der Waals surface area contributed by atoms with E-state index in [0.29, 0.717) is 11.1 Å². The number of ketones is 1. The summed E-state index contributed by atoms with van der Waals surface area (Å²) in [5, 5.41) is 0. The molecule has 0 amide bonds. The van der Waals surface area contributed by atoms with Gasteiger partial charge in [-0.15, -0.1) is 0 Å². The lowest BCUT2D eigenvalue weighted by Gasteiger charge is -2.15. The van der Waals surface area contributed by atoms with Crippen LogP contribution in [0.4, 0.5) is 0 Å². The van der Waals surface area contributed by atoms with Crippen LogP contribution in [0.3, 0.4) is 0 Å². The molecule has 1 aliphatic rings. The van der Waals surface area contributed by atoms with Crippen molar-refractivity contribution in [2.45, 2.75) is 19.8 Å². The van der Waals surface area contributed by atoms with Gasteiger partial charge in [0, 0.05) is 16.0 Å². The lowest BCUT2D eigenvalue weighted by Crippen LogP contribution is -2.34. The van der Waals surface area contributed by atoms with E-state index < -0.39 is 29.2 Å². The number of carbonyl (C=O) groups excluding carboxylic acids is 3. The lowest BCUT2D eigenvalue weighted by atomic mass is 9.97. The number of ether oxygens (including phenoxy) is 2. The Labute approximate surface area is 172 Å². The molecule has 0 bridgehead atoms. The zero-order valence-electron chi connectivity index (χ0n) is 15.7. The minimum absolute atomic E-state index is 0.106. The molecule has 1 aliphatic carbocycles. The van der Waals surface area contributed by atoms with Gasteiger partial charge < -0.3 is 9.47 Å². The van der Waals surface area contributed by atoms with Crippen LogP contribution in [0.25, 0.3) is 0 Å². The summed E-state index contributed by atoms with van der Waals surface area (Å²) in [6.45, 7) is 3.55. The average molecular weight is 445 g/mol. The first-order valence-corrected chi connectivity index (χ1v) is 9.97. The molecule has 5 nitrogen and oxygen atoms in total. The monoisotopic (exact) mass is 444 g/mol. The summed E-state index contributed by atoms with van der Waals surface area (Å²) in [4.78, 5) is 39.3. The van der Waals surface area contributed by atoms with E-state index in [1.54, 1.807) is 50.2 Å². The summed E-state index contributed by atoms with van der Waals surface area (Å²) in [6, 6.07) is 15.9. The number of hydrogen-bond donors (Lipinski definition) is 0. The third-order valence-electron chi connectivity index (χ3n) is 5.01. The highest BCUT2D eigenvalue weighted by Gasteiger charge is 2.79. The van der Waals surface area contributed by atoms with Gasteiger partial charge in [0.25, 0.3) is 0 Å². The zero-order chi connectivity index (χ0) is 20.3. The van der Waals surface area contributed by atoms with Gasteiger partial charge in [0.15, 0.2) is 11.2 Å². The van der Waals surface area contributed by atoms with Gasteiger partial charge in [0.05, 0.1) is 19.1 Å². The molecule has 0 N–H and O–H groups in total. The van der Waals surface area contributed by atoms with Crippen molar-refractivity contribution >= 4 is 33.7 Å². The van der Waals surface area contributed by atoms with Crippen LogP contribution in [0, 0.1) is 11.3 Å². The molecule has 0 aromatic heterocycles. The van der Waals surface area contributed by atoms with Crippen molar-refractivity contribution in [2.75, 3.05) is 13.2 Å². The summed E-state index contributed by atoms with van der Waals surface area (Å²) in [5.74, 6) is -3.25. The molecule has 6 heteroatoms. The topological polar surface area (TPSA) is 69.7 Å². The first kappa shape index (κ1) is 20.3. The molecule has 0 radical (unpaired) electrons. The molecule has 2 atom stereocenters. The predicted molar refractivity (Wildman–Crippen MR) is 107 cm³/mol. The highest BCUT2D eigenvalue weighted by Crippen LogP contribution is 2.68. The summed E-state index contributed by atoms with van der Waals surface area (Å²) < 4.78 is 11.2. The molecule has 0 spiro atoms. The lowest BCUT2D eigenvalue weighted by molar-refractivity contribution is -0.165. The Balaban J connectivity index is 2.14. The summed E-state index contributed by atoms with van der Waals surface area (Å²) in [6.07, 6.45) is 0. The third-order valence-corrected chi connectivity index (χ3v) is 5.73. The highest BCUT2D eigenvalue weighted by atomic mass is 79.9. The smallest absolute Gasteiger partial charge is 0.324 e. The Hall–Kier alpha value is -2.47. The minimum atomic E-state index is -1.68. The van der Waals surface area contributed by atoms with E-state index >= 15 is 0 Å². The fourth-order valence-corrected chi connectivity index (χ4v) is 4.30. The van der Waals surface area contributed by atoms with E-state index in [1.165, 1.54) is 0 Å². The van der Waals surface area contributed by atoms with Crippen LogP contribution in [-0.4, -0.2) is 30.9 Å². The van der Waals surface area contributed by atoms with Crippen LogP contribution in [-0.2, 0) is 19.1 Å². The average Bonchev–Trinajstić information content (AvgIpc) is 3.40. The van der Waals surface area contributed by atoms with Crippen molar-refractivity contribution in [1.82, 2.24) is 0 Å². The van der Waals surface area contributed by atoms with Crippen molar-refractivity contribution in [3.8, 4) is 0 Å². The largest absolute Gasteiger partial charge is 0.465 e. The van der Waals surface area contributed by atoms with E-state index in [9.17, 15) is 14.4 Å². The molecule has 3 rings (SSSR count). The molecule has 146 valence electrons. The second-order valence-corrected chi connectivity index (χ2v) is 7.37. The number of carbonyl (C=O) groups is 3. The van der Waals surface area contributed by atoms with Crippen molar-refractivity contribution in [2.24, 2.45) is 11.3 Å². The first-order valence-electron chi connectivity index (χ1n) is 9.18. The van der Waals surface area contributed by atoms with Crippen LogP contribution >= 0.6 is 15.9 Å². The van der Waals surface area contributed by atoms with E-state index in [2.05, 4.69) is 15.9 Å². The SMILES string of the molecule is CCOC(=O)C1(C(=O)OCC)[C@H](C(=O)c2ccccc2)[C@H]1c1ccccc1Br.